The largest absolute Gasteiger partial charge is 0.508 e. The first-order valence-corrected chi connectivity index (χ1v) is 23.9. The van der Waals surface area contributed by atoms with Gasteiger partial charge in [-0.05, 0) is 69.7 Å². The zero-order chi connectivity index (χ0) is 50.6. The molecule has 0 spiro atoms. The van der Waals surface area contributed by atoms with Crippen LogP contribution in [0.1, 0.15) is 64.5 Å². The molecule has 1 aliphatic heterocycles. The van der Waals surface area contributed by atoms with Crippen LogP contribution in [-0.2, 0) is 51.2 Å². The summed E-state index contributed by atoms with van der Waals surface area (Å²) >= 11 is 0. The SMILES string of the molecule is CC(=O)N[C@@H](CCCN=C(N)N)C(=O)N[C@@H](C)C(=O)N[C@@H]1CSSC(C)(C)[C@@H](C(=O)O)NC(=O)[C@H](Cc2ccccc2)NC(=O)[C@H](Cc2ccc(O)cc2)NC(=O)[C@H](CCCN=C(N)N)NC1=O. The van der Waals surface area contributed by atoms with E-state index < -0.39 is 94.4 Å². The average molecular weight is 986 g/mol. The van der Waals surface area contributed by atoms with E-state index in [1.54, 1.807) is 44.2 Å². The van der Waals surface area contributed by atoms with Crippen LogP contribution in [0.5, 0.6) is 5.75 Å². The van der Waals surface area contributed by atoms with Gasteiger partial charge < -0.3 is 70.4 Å². The first kappa shape index (κ1) is 55.6. The van der Waals surface area contributed by atoms with E-state index in [1.807, 2.05) is 0 Å². The van der Waals surface area contributed by atoms with Gasteiger partial charge in [0, 0.05) is 38.6 Å². The number of guanidine groups is 2. The Morgan fingerprint density at radius 1 is 0.750 bits per heavy atom. The molecular formula is C43H63N13O10S2. The molecule has 0 bridgehead atoms. The molecule has 1 aliphatic rings. The highest BCUT2D eigenvalue weighted by Crippen LogP contribution is 2.39. The Morgan fingerprint density at radius 3 is 1.84 bits per heavy atom. The van der Waals surface area contributed by atoms with Crippen LogP contribution < -0.4 is 60.2 Å². The van der Waals surface area contributed by atoms with Crippen molar-refractivity contribution in [1.29, 1.82) is 0 Å². The van der Waals surface area contributed by atoms with Crippen LogP contribution in [0.15, 0.2) is 64.6 Å². The summed E-state index contributed by atoms with van der Waals surface area (Å²) < 4.78 is -1.31. The average Bonchev–Trinajstić information content (AvgIpc) is 3.26. The van der Waals surface area contributed by atoms with E-state index in [-0.39, 0.29) is 68.6 Å². The van der Waals surface area contributed by atoms with Crippen molar-refractivity contribution in [3.05, 3.63) is 65.7 Å². The number of carboxylic acid groups (broad SMARTS) is 1. The number of phenolic OH excluding ortho intramolecular Hbond substituents is 1. The van der Waals surface area contributed by atoms with Gasteiger partial charge >= 0.3 is 5.97 Å². The second-order valence-corrected chi connectivity index (χ2v) is 19.4. The third-order valence-corrected chi connectivity index (χ3v) is 13.6. The van der Waals surface area contributed by atoms with Gasteiger partial charge in [-0.1, -0.05) is 64.1 Å². The number of aliphatic carboxylic acids is 1. The number of hydrogen-bond acceptors (Lipinski definition) is 13. The van der Waals surface area contributed by atoms with Gasteiger partial charge in [-0.2, -0.15) is 0 Å². The second-order valence-electron chi connectivity index (χ2n) is 16.4. The van der Waals surface area contributed by atoms with Crippen LogP contribution >= 0.6 is 21.6 Å². The summed E-state index contributed by atoms with van der Waals surface area (Å²) in [6.45, 7) is 5.89. The van der Waals surface area contributed by atoms with Crippen LogP contribution in [0.25, 0.3) is 0 Å². The van der Waals surface area contributed by atoms with Crippen molar-refractivity contribution < 1.29 is 48.6 Å². The highest BCUT2D eigenvalue weighted by atomic mass is 33.1. The lowest BCUT2D eigenvalue weighted by molar-refractivity contribution is -0.143. The lowest BCUT2D eigenvalue weighted by Gasteiger charge is -2.32. The first-order chi connectivity index (χ1) is 32.1. The number of carboxylic acids is 1. The van der Waals surface area contributed by atoms with Crippen LogP contribution in [0.4, 0.5) is 0 Å². The zero-order valence-electron chi connectivity index (χ0n) is 38.3. The summed E-state index contributed by atoms with van der Waals surface area (Å²) in [6, 6.07) is 5.03. The van der Waals surface area contributed by atoms with Crippen molar-refractivity contribution in [2.45, 2.75) is 113 Å². The topological polar surface area (TPSA) is 390 Å². The van der Waals surface area contributed by atoms with E-state index in [9.17, 15) is 48.6 Å². The second kappa shape index (κ2) is 27.2. The molecule has 7 amide bonds. The third-order valence-electron chi connectivity index (χ3n) is 10.3. The fourth-order valence-corrected chi connectivity index (χ4v) is 9.49. The van der Waals surface area contributed by atoms with E-state index in [1.165, 1.54) is 38.1 Å². The molecule has 2 aromatic carbocycles. The van der Waals surface area contributed by atoms with Gasteiger partial charge in [0.05, 0.1) is 4.75 Å². The Morgan fingerprint density at radius 2 is 1.28 bits per heavy atom. The number of benzene rings is 2. The Balaban J connectivity index is 2.07. The van der Waals surface area contributed by atoms with Crippen molar-refractivity contribution in [3.8, 4) is 5.75 Å². The highest BCUT2D eigenvalue weighted by Gasteiger charge is 2.41. The molecule has 0 unspecified atom stereocenters. The molecule has 25 heteroatoms. The van der Waals surface area contributed by atoms with Gasteiger partial charge in [0.15, 0.2) is 11.9 Å². The van der Waals surface area contributed by atoms with E-state index in [0.29, 0.717) is 17.5 Å². The normalized spacial score (nSPS) is 21.1. The number of nitrogens with two attached hydrogens (primary N) is 4. The van der Waals surface area contributed by atoms with Crippen LogP contribution in [0.3, 0.4) is 0 Å². The summed E-state index contributed by atoms with van der Waals surface area (Å²) in [5.74, 6) is -7.49. The maximum Gasteiger partial charge on any atom is 0.327 e. The molecule has 1 heterocycles. The number of aromatic hydroxyl groups is 1. The highest BCUT2D eigenvalue weighted by molar-refractivity contribution is 8.77. The molecule has 372 valence electrons. The predicted octanol–water partition coefficient (Wildman–Crippen LogP) is -2.02. The van der Waals surface area contributed by atoms with E-state index >= 15 is 0 Å². The number of aliphatic imine (C=N–C) groups is 2. The molecule has 0 aromatic heterocycles. The molecule has 0 radical (unpaired) electrons. The first-order valence-electron chi connectivity index (χ1n) is 21.6. The third kappa shape index (κ3) is 19.2. The number of carbonyl (C=O) groups is 8. The van der Waals surface area contributed by atoms with E-state index in [2.05, 4.69) is 47.2 Å². The van der Waals surface area contributed by atoms with Gasteiger partial charge in [-0.25, -0.2) is 4.79 Å². The summed E-state index contributed by atoms with van der Waals surface area (Å²) in [5.41, 5.74) is 22.9. The van der Waals surface area contributed by atoms with Crippen molar-refractivity contribution in [1.82, 2.24) is 37.2 Å². The molecule has 3 rings (SSSR count). The number of hydrogen-bond donors (Lipinski definition) is 13. The maximum atomic E-state index is 14.3. The summed E-state index contributed by atoms with van der Waals surface area (Å²) in [6.07, 6.45) is 0.266. The summed E-state index contributed by atoms with van der Waals surface area (Å²) in [5, 5.41) is 38.7. The quantitative estimate of drug-likeness (QED) is 0.0332. The van der Waals surface area contributed by atoms with Crippen molar-refractivity contribution in [2.24, 2.45) is 32.9 Å². The number of nitrogens with one attached hydrogen (secondary N) is 7. The summed E-state index contributed by atoms with van der Waals surface area (Å²) in [7, 11) is 1.98. The Hall–Kier alpha value is -6.76. The number of rotatable bonds is 18. The molecule has 68 heavy (non-hydrogen) atoms. The molecule has 23 nitrogen and oxygen atoms in total. The van der Waals surface area contributed by atoms with Crippen LogP contribution in [0, 0.1) is 0 Å². The minimum absolute atomic E-state index is 0.0488. The molecule has 1 saturated heterocycles. The van der Waals surface area contributed by atoms with Crippen LogP contribution in [-0.4, -0.2) is 135 Å². The van der Waals surface area contributed by atoms with Gasteiger partial charge in [-0.15, -0.1) is 0 Å². The monoisotopic (exact) mass is 985 g/mol. The fraction of sp³-hybridized carbons (Fsp3) is 0.488. The molecule has 0 aliphatic carbocycles. The number of nitrogens with zero attached hydrogens (tertiary/aromatic N) is 2. The number of phenols is 1. The van der Waals surface area contributed by atoms with Crippen molar-refractivity contribution in [2.75, 3.05) is 18.8 Å². The van der Waals surface area contributed by atoms with Gasteiger partial charge in [-0.3, -0.25) is 43.5 Å². The number of amides is 7. The zero-order valence-corrected chi connectivity index (χ0v) is 39.9. The molecule has 1 fully saturated rings. The summed E-state index contributed by atoms with van der Waals surface area (Å²) in [4.78, 5) is 117. The Bertz CT molecular complexity index is 2140. The molecule has 17 N–H and O–H groups in total. The lowest BCUT2D eigenvalue weighted by atomic mass is 9.99. The van der Waals surface area contributed by atoms with E-state index in [0.717, 1.165) is 21.6 Å². The fourth-order valence-electron chi connectivity index (χ4n) is 6.68. The smallest absolute Gasteiger partial charge is 0.327 e. The van der Waals surface area contributed by atoms with E-state index in [4.69, 9.17) is 22.9 Å². The minimum atomic E-state index is -1.56. The molecule has 7 atom stereocenters. The standard InChI is InChI=1S/C43H63N13O10S2/c1-23(50-35(60)28(51-24(2)57)12-8-18-48-41(44)45)34(59)55-32-22-67-68-43(3,4)33(40(65)66)56-38(63)31(20-25-10-6-5-7-11-25)54-37(62)30(21-26-14-16-27(58)17-15-26)53-36(61)29(52-39(32)64)13-9-19-49-42(46)47/h5-7,10-11,14-17,23,28-33,58H,8-9,12-13,18-22H2,1-4H3,(H,50,60)(H,51,57)(H,52,64)(H,53,61)(H,54,62)(H,55,59)(H,56,63)(H,65,66)(H4,44,45,48)(H4,46,47,49)/t23-,28-,29-,30-,31-,32+,33+/m0/s1. The van der Waals surface area contributed by atoms with Crippen LogP contribution in [0.2, 0.25) is 0 Å². The molecule has 2 aromatic rings. The Labute approximate surface area is 401 Å². The number of carbonyl (C=O) groups excluding carboxylic acids is 7. The predicted molar refractivity (Wildman–Crippen MR) is 258 cm³/mol. The Kier molecular flexibility index (Phi) is 22.2. The van der Waals surface area contributed by atoms with Gasteiger partial charge in [0.1, 0.15) is 48.0 Å². The molecule has 0 saturated carbocycles. The molecular weight excluding hydrogens is 923 g/mol. The maximum absolute atomic E-state index is 14.3. The van der Waals surface area contributed by atoms with Crippen molar-refractivity contribution in [3.63, 3.8) is 0 Å². The lowest BCUT2D eigenvalue weighted by Crippen LogP contribution is -2.61. The van der Waals surface area contributed by atoms with Gasteiger partial charge in [0.2, 0.25) is 41.4 Å². The van der Waals surface area contributed by atoms with Crippen molar-refractivity contribution >= 4 is 80.8 Å². The minimum Gasteiger partial charge on any atom is -0.508 e. The van der Waals surface area contributed by atoms with Gasteiger partial charge in [0.25, 0.3) is 0 Å².